The Hall–Kier alpha value is -0.410. The summed E-state index contributed by atoms with van der Waals surface area (Å²) < 4.78 is 0. The lowest BCUT2D eigenvalue weighted by molar-refractivity contribution is 0.343. The van der Waals surface area contributed by atoms with E-state index in [0.29, 0.717) is 5.92 Å². The quantitative estimate of drug-likeness (QED) is 0.742. The number of rotatable bonds is 6. The first kappa shape index (κ1) is 16.0. The molecular weight excluding hydrogens is 264 g/mol. The van der Waals surface area contributed by atoms with Crippen LogP contribution in [0.3, 0.4) is 0 Å². The van der Waals surface area contributed by atoms with E-state index in [1.165, 1.54) is 47.7 Å². The lowest BCUT2D eigenvalue weighted by Crippen LogP contribution is -2.14. The van der Waals surface area contributed by atoms with Gasteiger partial charge in [0.15, 0.2) is 0 Å². The van der Waals surface area contributed by atoms with Crippen LogP contribution in [0.1, 0.15) is 87.2 Å². The molecule has 0 aromatic carbocycles. The fourth-order valence-corrected chi connectivity index (χ4v) is 4.51. The van der Waals surface area contributed by atoms with Gasteiger partial charge in [-0.25, -0.2) is 4.98 Å². The van der Waals surface area contributed by atoms with Gasteiger partial charge in [-0.15, -0.1) is 11.3 Å². The molecular formula is C17H30N2S. The average molecular weight is 295 g/mol. The molecule has 1 saturated carbocycles. The van der Waals surface area contributed by atoms with Crippen LogP contribution in [-0.2, 0) is 6.54 Å². The van der Waals surface area contributed by atoms with Crippen molar-refractivity contribution in [3.05, 3.63) is 15.6 Å². The lowest BCUT2D eigenvalue weighted by Gasteiger charge is -2.24. The summed E-state index contributed by atoms with van der Waals surface area (Å²) in [7, 11) is 0. The van der Waals surface area contributed by atoms with Gasteiger partial charge in [0.05, 0.1) is 10.7 Å². The Morgan fingerprint density at radius 1 is 1.35 bits per heavy atom. The monoisotopic (exact) mass is 294 g/mol. The SMILES string of the molecule is CCCNCc1sc(C2CCCC(C)C2)nc1C(C)C. The van der Waals surface area contributed by atoms with Crippen molar-refractivity contribution < 1.29 is 0 Å². The highest BCUT2D eigenvalue weighted by Crippen LogP contribution is 2.39. The van der Waals surface area contributed by atoms with Crippen LogP contribution in [0.4, 0.5) is 0 Å². The van der Waals surface area contributed by atoms with E-state index < -0.39 is 0 Å². The molecule has 0 bridgehead atoms. The summed E-state index contributed by atoms with van der Waals surface area (Å²) in [6, 6.07) is 0. The van der Waals surface area contributed by atoms with Gasteiger partial charge in [-0.05, 0) is 37.6 Å². The van der Waals surface area contributed by atoms with Crippen LogP contribution in [0.15, 0.2) is 0 Å². The van der Waals surface area contributed by atoms with E-state index in [2.05, 4.69) is 33.0 Å². The largest absolute Gasteiger partial charge is 0.312 e. The van der Waals surface area contributed by atoms with Gasteiger partial charge in [-0.2, -0.15) is 0 Å². The lowest BCUT2D eigenvalue weighted by atomic mass is 9.83. The zero-order chi connectivity index (χ0) is 14.5. The van der Waals surface area contributed by atoms with Crippen molar-refractivity contribution in [1.82, 2.24) is 10.3 Å². The minimum Gasteiger partial charge on any atom is -0.312 e. The van der Waals surface area contributed by atoms with Crippen molar-refractivity contribution in [3.63, 3.8) is 0 Å². The first-order chi connectivity index (χ1) is 9.61. The molecule has 0 saturated heterocycles. The van der Waals surface area contributed by atoms with Crippen molar-refractivity contribution in [1.29, 1.82) is 0 Å². The van der Waals surface area contributed by atoms with Crippen LogP contribution in [0, 0.1) is 5.92 Å². The fourth-order valence-electron chi connectivity index (χ4n) is 3.17. The molecule has 3 heteroatoms. The smallest absolute Gasteiger partial charge is 0.0962 e. The van der Waals surface area contributed by atoms with Gasteiger partial charge in [0.1, 0.15) is 0 Å². The molecule has 1 fully saturated rings. The molecule has 0 amide bonds. The molecule has 1 aromatic rings. The van der Waals surface area contributed by atoms with Crippen LogP contribution in [0.25, 0.3) is 0 Å². The maximum absolute atomic E-state index is 5.03. The molecule has 20 heavy (non-hydrogen) atoms. The second-order valence-electron chi connectivity index (χ2n) is 6.66. The highest BCUT2D eigenvalue weighted by molar-refractivity contribution is 7.11. The third-order valence-corrected chi connectivity index (χ3v) is 5.52. The Morgan fingerprint density at radius 2 is 2.15 bits per heavy atom. The van der Waals surface area contributed by atoms with E-state index in [-0.39, 0.29) is 0 Å². The van der Waals surface area contributed by atoms with Gasteiger partial charge in [0.2, 0.25) is 0 Å². The van der Waals surface area contributed by atoms with Crippen molar-refractivity contribution in [2.75, 3.05) is 6.54 Å². The van der Waals surface area contributed by atoms with Crippen molar-refractivity contribution in [2.24, 2.45) is 5.92 Å². The summed E-state index contributed by atoms with van der Waals surface area (Å²) >= 11 is 1.97. The Balaban J connectivity index is 2.11. The van der Waals surface area contributed by atoms with Crippen LogP contribution in [0.5, 0.6) is 0 Å². The number of aromatic nitrogens is 1. The summed E-state index contributed by atoms with van der Waals surface area (Å²) in [5, 5.41) is 4.95. The van der Waals surface area contributed by atoms with E-state index in [1.807, 2.05) is 11.3 Å². The second-order valence-corrected chi connectivity index (χ2v) is 7.78. The molecule has 114 valence electrons. The zero-order valence-electron chi connectivity index (χ0n) is 13.5. The molecule has 2 unspecified atom stereocenters. The van der Waals surface area contributed by atoms with Gasteiger partial charge in [-0.3, -0.25) is 0 Å². The maximum Gasteiger partial charge on any atom is 0.0962 e. The van der Waals surface area contributed by atoms with Crippen molar-refractivity contribution in [3.8, 4) is 0 Å². The van der Waals surface area contributed by atoms with Gasteiger partial charge in [0, 0.05) is 17.3 Å². The summed E-state index contributed by atoms with van der Waals surface area (Å²) in [6.07, 6.45) is 6.67. The van der Waals surface area contributed by atoms with Gasteiger partial charge in [0.25, 0.3) is 0 Å². The Labute approximate surface area is 128 Å². The van der Waals surface area contributed by atoms with E-state index >= 15 is 0 Å². The molecule has 1 N–H and O–H groups in total. The third-order valence-electron chi connectivity index (χ3n) is 4.29. The highest BCUT2D eigenvalue weighted by Gasteiger charge is 2.25. The first-order valence-corrected chi connectivity index (χ1v) is 9.13. The van der Waals surface area contributed by atoms with E-state index in [9.17, 15) is 0 Å². The zero-order valence-corrected chi connectivity index (χ0v) is 14.4. The Kier molecular flexibility index (Phi) is 6.03. The summed E-state index contributed by atoms with van der Waals surface area (Å²) in [6.45, 7) is 11.3. The van der Waals surface area contributed by atoms with Crippen molar-refractivity contribution in [2.45, 2.75) is 78.2 Å². The second kappa shape index (κ2) is 7.56. The number of hydrogen-bond donors (Lipinski definition) is 1. The molecule has 2 rings (SSSR count). The normalized spacial score (nSPS) is 23.4. The topological polar surface area (TPSA) is 24.9 Å². The van der Waals surface area contributed by atoms with Crippen LogP contribution < -0.4 is 5.32 Å². The molecule has 1 aromatic heterocycles. The fraction of sp³-hybridized carbons (Fsp3) is 0.824. The molecule has 0 spiro atoms. The molecule has 0 aliphatic heterocycles. The molecule has 1 aliphatic rings. The van der Waals surface area contributed by atoms with E-state index in [1.54, 1.807) is 0 Å². The van der Waals surface area contributed by atoms with Gasteiger partial charge >= 0.3 is 0 Å². The predicted octanol–water partition coefficient (Wildman–Crippen LogP) is 5.06. The van der Waals surface area contributed by atoms with Crippen LogP contribution in [-0.4, -0.2) is 11.5 Å². The minimum absolute atomic E-state index is 0.541. The molecule has 1 aliphatic carbocycles. The molecule has 2 atom stereocenters. The van der Waals surface area contributed by atoms with Crippen LogP contribution in [0.2, 0.25) is 0 Å². The Morgan fingerprint density at radius 3 is 2.80 bits per heavy atom. The summed E-state index contributed by atoms with van der Waals surface area (Å²) in [4.78, 5) is 6.50. The van der Waals surface area contributed by atoms with Gasteiger partial charge < -0.3 is 5.32 Å². The molecule has 1 heterocycles. The minimum atomic E-state index is 0.541. The summed E-state index contributed by atoms with van der Waals surface area (Å²) in [5.74, 6) is 2.14. The standard InChI is InChI=1S/C17H30N2S/c1-5-9-18-11-15-16(12(2)3)19-17(20-15)14-8-6-7-13(4)10-14/h12-14,18H,5-11H2,1-4H3. The van der Waals surface area contributed by atoms with E-state index in [4.69, 9.17) is 4.98 Å². The van der Waals surface area contributed by atoms with E-state index in [0.717, 1.165) is 24.9 Å². The maximum atomic E-state index is 5.03. The average Bonchev–Trinajstić information content (AvgIpc) is 2.83. The molecule has 0 radical (unpaired) electrons. The first-order valence-electron chi connectivity index (χ1n) is 8.32. The number of nitrogens with one attached hydrogen (secondary N) is 1. The third kappa shape index (κ3) is 4.05. The predicted molar refractivity (Wildman–Crippen MR) is 88.6 cm³/mol. The highest BCUT2D eigenvalue weighted by atomic mass is 32.1. The number of nitrogens with zero attached hydrogens (tertiary/aromatic N) is 1. The van der Waals surface area contributed by atoms with Crippen LogP contribution >= 0.6 is 11.3 Å². The van der Waals surface area contributed by atoms with Gasteiger partial charge in [-0.1, -0.05) is 40.5 Å². The number of hydrogen-bond acceptors (Lipinski definition) is 3. The summed E-state index contributed by atoms with van der Waals surface area (Å²) in [5.41, 5.74) is 1.34. The Bertz CT molecular complexity index is 411. The van der Waals surface area contributed by atoms with Crippen molar-refractivity contribution >= 4 is 11.3 Å². The number of thiazole rings is 1. The molecule has 2 nitrogen and oxygen atoms in total.